The second-order valence-corrected chi connectivity index (χ2v) is 8.33. The van der Waals surface area contributed by atoms with Crippen molar-refractivity contribution < 1.29 is 22.7 Å². The van der Waals surface area contributed by atoms with E-state index in [4.69, 9.17) is 4.74 Å². The Morgan fingerprint density at radius 1 is 1.03 bits per heavy atom. The number of halogens is 3. The molecule has 154 valence electrons. The molecule has 0 atom stereocenters. The largest absolute Gasteiger partial charge is 0.488 e. The Labute approximate surface area is 176 Å². The van der Waals surface area contributed by atoms with Gasteiger partial charge in [0.2, 0.25) is 0 Å². The second-order valence-electron chi connectivity index (χ2n) is 7.20. The van der Waals surface area contributed by atoms with Crippen LogP contribution in [0.2, 0.25) is 0 Å². The summed E-state index contributed by atoms with van der Waals surface area (Å²) in [7, 11) is 0. The van der Waals surface area contributed by atoms with Crippen LogP contribution in [0.5, 0.6) is 5.75 Å². The number of ether oxygens (including phenoxy) is 1. The van der Waals surface area contributed by atoms with Crippen LogP contribution in [-0.2, 0) is 24.0 Å². The van der Waals surface area contributed by atoms with Crippen LogP contribution in [0.3, 0.4) is 0 Å². The van der Waals surface area contributed by atoms with Gasteiger partial charge < -0.3 is 4.74 Å². The number of rotatable bonds is 5. The number of carbonyl (C=O) groups is 1. The number of aldehydes is 1. The van der Waals surface area contributed by atoms with Gasteiger partial charge in [0.25, 0.3) is 0 Å². The fraction of sp³-hybridized carbons (Fsp3) is 0.208. The highest BCUT2D eigenvalue weighted by molar-refractivity contribution is 7.12. The normalized spacial score (nSPS) is 13.9. The third-order valence-electron chi connectivity index (χ3n) is 5.27. The first-order valence-electron chi connectivity index (χ1n) is 9.53. The summed E-state index contributed by atoms with van der Waals surface area (Å²) < 4.78 is 46.4. The first kappa shape index (κ1) is 20.4. The van der Waals surface area contributed by atoms with E-state index >= 15 is 0 Å². The zero-order valence-corrected chi connectivity index (χ0v) is 17.1. The van der Waals surface area contributed by atoms with E-state index in [2.05, 4.69) is 0 Å². The van der Waals surface area contributed by atoms with Crippen molar-refractivity contribution in [3.8, 4) is 16.9 Å². The van der Waals surface area contributed by atoms with Gasteiger partial charge in [-0.25, -0.2) is 0 Å². The number of aryl methyl sites for hydroxylation is 1. The van der Waals surface area contributed by atoms with E-state index in [0.717, 1.165) is 35.0 Å². The van der Waals surface area contributed by atoms with E-state index in [1.54, 1.807) is 42.5 Å². The minimum atomic E-state index is -4.42. The highest BCUT2D eigenvalue weighted by Crippen LogP contribution is 2.43. The number of fused-ring (bicyclic) bond motifs is 1. The van der Waals surface area contributed by atoms with Crippen LogP contribution in [0.1, 0.15) is 34.2 Å². The molecule has 30 heavy (non-hydrogen) atoms. The van der Waals surface area contributed by atoms with Crippen LogP contribution < -0.4 is 4.74 Å². The Morgan fingerprint density at radius 3 is 2.50 bits per heavy atom. The van der Waals surface area contributed by atoms with Gasteiger partial charge in [-0.2, -0.15) is 13.2 Å². The number of benzene rings is 2. The molecule has 0 N–H and O–H groups in total. The van der Waals surface area contributed by atoms with E-state index in [0.29, 0.717) is 33.9 Å². The Kier molecular flexibility index (Phi) is 5.52. The molecule has 4 rings (SSSR count). The summed E-state index contributed by atoms with van der Waals surface area (Å²) in [6, 6.07) is 15.8. The summed E-state index contributed by atoms with van der Waals surface area (Å²) in [5.74, 6) is 0.610. The maximum absolute atomic E-state index is 13.5. The molecule has 0 saturated heterocycles. The molecule has 0 aliphatic heterocycles. The molecule has 1 aromatic heterocycles. The number of hydrogen-bond donors (Lipinski definition) is 0. The average Bonchev–Trinajstić information content (AvgIpc) is 3.18. The van der Waals surface area contributed by atoms with Gasteiger partial charge in [-0.15, -0.1) is 11.3 Å². The average molecular weight is 428 g/mol. The molecule has 0 unspecified atom stereocenters. The Bertz CT molecular complexity index is 1110. The predicted octanol–water partition coefficient (Wildman–Crippen LogP) is 6.93. The van der Waals surface area contributed by atoms with Gasteiger partial charge in [0, 0.05) is 10.4 Å². The zero-order chi connectivity index (χ0) is 21.3. The fourth-order valence-corrected chi connectivity index (χ4v) is 4.68. The molecular weight excluding hydrogens is 409 g/mol. The molecule has 2 nitrogen and oxygen atoms in total. The summed E-state index contributed by atoms with van der Waals surface area (Å²) >= 11 is 0.717. The molecule has 0 fully saturated rings. The molecule has 1 aliphatic carbocycles. The van der Waals surface area contributed by atoms with Gasteiger partial charge in [-0.1, -0.05) is 36.4 Å². The molecule has 0 bridgehead atoms. The van der Waals surface area contributed by atoms with Crippen LogP contribution in [-0.4, -0.2) is 6.29 Å². The van der Waals surface area contributed by atoms with Crippen molar-refractivity contribution in [3.05, 3.63) is 81.1 Å². The Balaban J connectivity index is 1.57. The lowest BCUT2D eigenvalue weighted by atomic mass is 9.87. The molecule has 0 spiro atoms. The third-order valence-corrected chi connectivity index (χ3v) is 6.43. The number of carbonyl (C=O) groups excluding carboxylic acids is 1. The van der Waals surface area contributed by atoms with Gasteiger partial charge in [0.05, 0.1) is 0 Å². The molecule has 0 saturated carbocycles. The van der Waals surface area contributed by atoms with E-state index in [-0.39, 0.29) is 12.2 Å². The lowest BCUT2D eigenvalue weighted by Crippen LogP contribution is -2.05. The molecule has 6 heteroatoms. The van der Waals surface area contributed by atoms with Crippen LogP contribution in [0.4, 0.5) is 13.2 Å². The van der Waals surface area contributed by atoms with Crippen LogP contribution in [0, 0.1) is 0 Å². The van der Waals surface area contributed by atoms with E-state index in [9.17, 15) is 18.0 Å². The monoisotopic (exact) mass is 428 g/mol. The molecule has 0 radical (unpaired) electrons. The van der Waals surface area contributed by atoms with Gasteiger partial charge in [0.15, 0.2) is 0 Å². The summed E-state index contributed by atoms with van der Waals surface area (Å²) in [4.78, 5) is 11.0. The summed E-state index contributed by atoms with van der Waals surface area (Å²) in [5, 5.41) is 0. The smallest absolute Gasteiger partial charge is 0.426 e. The van der Waals surface area contributed by atoms with Crippen molar-refractivity contribution in [1.29, 1.82) is 0 Å². The highest BCUT2D eigenvalue weighted by Gasteiger charge is 2.36. The summed E-state index contributed by atoms with van der Waals surface area (Å²) in [6.07, 6.45) is -2.08. The molecule has 3 aromatic rings. The van der Waals surface area contributed by atoms with Crippen LogP contribution in [0.25, 0.3) is 16.7 Å². The van der Waals surface area contributed by atoms with Crippen molar-refractivity contribution >= 4 is 23.2 Å². The Morgan fingerprint density at radius 2 is 1.80 bits per heavy atom. The first-order valence-corrected chi connectivity index (χ1v) is 10.3. The van der Waals surface area contributed by atoms with E-state index < -0.39 is 11.1 Å². The summed E-state index contributed by atoms with van der Waals surface area (Å²) in [6.45, 7) is 1.99. The number of alkyl halides is 3. The SMILES string of the molecule is CC1=C(C=O)CCc2cc(OCc3cc(-c4ccccc4)c(C(F)(F)F)s3)ccc21. The lowest BCUT2D eigenvalue weighted by molar-refractivity contribution is -0.133. The minimum Gasteiger partial charge on any atom is -0.488 e. The van der Waals surface area contributed by atoms with E-state index in [1.165, 1.54) is 0 Å². The third kappa shape index (κ3) is 4.05. The number of hydrogen-bond acceptors (Lipinski definition) is 3. The van der Waals surface area contributed by atoms with Gasteiger partial charge in [0.1, 0.15) is 23.5 Å². The standard InChI is InChI=1S/C24H19F3O2S/c1-15-18(13-28)8-7-17-11-19(9-10-21(15)17)29-14-20-12-22(16-5-3-2-4-6-16)23(30-20)24(25,26)27/h2-6,9-13H,7-8,14H2,1H3. The number of allylic oxidation sites excluding steroid dienone is 2. The summed E-state index contributed by atoms with van der Waals surface area (Å²) in [5.41, 5.74) is 4.61. The second kappa shape index (κ2) is 8.11. The molecule has 2 aromatic carbocycles. The number of thiophene rings is 1. The fourth-order valence-electron chi connectivity index (χ4n) is 3.72. The van der Waals surface area contributed by atoms with Gasteiger partial charge in [-0.3, -0.25) is 4.79 Å². The van der Waals surface area contributed by atoms with Crippen molar-refractivity contribution in [2.45, 2.75) is 32.5 Å². The zero-order valence-electron chi connectivity index (χ0n) is 16.3. The van der Waals surface area contributed by atoms with Crippen molar-refractivity contribution in [2.24, 2.45) is 0 Å². The molecule has 1 heterocycles. The maximum Gasteiger partial charge on any atom is 0.426 e. The molecular formula is C24H19F3O2S. The van der Waals surface area contributed by atoms with Crippen molar-refractivity contribution in [1.82, 2.24) is 0 Å². The predicted molar refractivity (Wildman–Crippen MR) is 113 cm³/mol. The topological polar surface area (TPSA) is 26.3 Å². The van der Waals surface area contributed by atoms with Crippen LogP contribution in [0.15, 0.2) is 60.2 Å². The van der Waals surface area contributed by atoms with Crippen molar-refractivity contribution in [2.75, 3.05) is 0 Å². The quantitative estimate of drug-likeness (QED) is 0.412. The Hall–Kier alpha value is -2.86. The minimum absolute atomic E-state index is 0.0633. The van der Waals surface area contributed by atoms with Gasteiger partial charge >= 0.3 is 6.18 Å². The van der Waals surface area contributed by atoms with Crippen molar-refractivity contribution in [3.63, 3.8) is 0 Å². The highest BCUT2D eigenvalue weighted by atomic mass is 32.1. The first-order chi connectivity index (χ1) is 14.4. The molecule has 0 amide bonds. The van der Waals surface area contributed by atoms with E-state index in [1.807, 2.05) is 19.1 Å². The maximum atomic E-state index is 13.5. The molecule has 1 aliphatic rings. The van der Waals surface area contributed by atoms with Crippen LogP contribution >= 0.6 is 11.3 Å². The van der Waals surface area contributed by atoms with Gasteiger partial charge in [-0.05, 0) is 65.8 Å². The lowest BCUT2D eigenvalue weighted by Gasteiger charge is -2.19.